The number of rotatable bonds is 7. The Balaban J connectivity index is 1.35. The maximum atomic E-state index is 6.71. The molecule has 184 valence electrons. The largest absolute Gasteiger partial charge is 0.861 e. The SMILES string of the molecule is Cc1ccc2cccc([CH2][Al]([O]c3ccc(-c4ccccc4)cc3)[O]c3cccc4ccc(C)nc34)c2n1. The first kappa shape index (κ1) is 24.2. The van der Waals surface area contributed by atoms with Crippen molar-refractivity contribution in [1.82, 2.24) is 9.97 Å². The van der Waals surface area contributed by atoms with Gasteiger partial charge in [0, 0.05) is 27.4 Å². The van der Waals surface area contributed by atoms with Gasteiger partial charge in [-0.2, -0.15) is 0 Å². The molecule has 0 aliphatic rings. The van der Waals surface area contributed by atoms with Crippen LogP contribution in [0.1, 0.15) is 17.0 Å². The molecule has 6 rings (SSSR count). The smallest absolute Gasteiger partial charge is 0.612 e. The first-order chi connectivity index (χ1) is 18.6. The van der Waals surface area contributed by atoms with Crippen LogP contribution in [0.15, 0.2) is 115 Å². The van der Waals surface area contributed by atoms with E-state index in [2.05, 4.69) is 72.8 Å². The Morgan fingerprint density at radius 2 is 1.18 bits per heavy atom. The normalized spacial score (nSPS) is 11.0. The molecule has 2 heterocycles. The molecule has 4 aromatic carbocycles. The highest BCUT2D eigenvalue weighted by Crippen LogP contribution is 2.28. The van der Waals surface area contributed by atoms with E-state index in [-0.39, 0.29) is 0 Å². The van der Waals surface area contributed by atoms with Gasteiger partial charge >= 0.3 is 14.8 Å². The van der Waals surface area contributed by atoms with E-state index in [1.165, 1.54) is 5.56 Å². The molecule has 0 radical (unpaired) electrons. The molecular formula is C33H27AlN2O2. The average molecular weight is 511 g/mol. The second-order valence-corrected chi connectivity index (χ2v) is 11.2. The summed E-state index contributed by atoms with van der Waals surface area (Å²) in [4.78, 5) is 9.63. The lowest BCUT2D eigenvalue weighted by molar-refractivity contribution is 0.423. The minimum Gasteiger partial charge on any atom is -0.612 e. The highest BCUT2D eigenvalue weighted by Gasteiger charge is 2.34. The standard InChI is InChI=1S/C12H10O.C11H10N.C10H9NO.Al/c13-12-8-6-11(7-9-12)10-4-2-1-3-5-10;1-8-4-3-5-10-7-6-9(2)12-11(8)10;1-7-5-6-8-3-2-4-9(12)10(8)11-7;/h1-9,13H;3-7H,1H2,2H3;2-6,12H,1H3;/q;;;+2/p-2. The molecule has 0 aliphatic carbocycles. The number of fused-ring (bicyclic) bond motifs is 2. The molecule has 2 aromatic heterocycles. The maximum Gasteiger partial charge on any atom is 0.861 e. The van der Waals surface area contributed by atoms with Crippen molar-refractivity contribution in [2.75, 3.05) is 0 Å². The lowest BCUT2D eigenvalue weighted by atomic mass is 10.1. The van der Waals surface area contributed by atoms with Gasteiger partial charge in [-0.05, 0) is 60.9 Å². The molecule has 0 unspecified atom stereocenters. The van der Waals surface area contributed by atoms with Crippen molar-refractivity contribution >= 4 is 36.6 Å². The first-order valence-electron chi connectivity index (χ1n) is 12.8. The van der Waals surface area contributed by atoms with Crippen molar-refractivity contribution < 1.29 is 7.58 Å². The summed E-state index contributed by atoms with van der Waals surface area (Å²) in [6.45, 7) is 4.02. The minimum atomic E-state index is -2.33. The van der Waals surface area contributed by atoms with Gasteiger partial charge < -0.3 is 7.58 Å². The fourth-order valence-electron chi connectivity index (χ4n) is 4.72. The zero-order chi connectivity index (χ0) is 25.9. The van der Waals surface area contributed by atoms with Crippen LogP contribution in [0.4, 0.5) is 0 Å². The van der Waals surface area contributed by atoms with Crippen molar-refractivity contribution in [2.24, 2.45) is 0 Å². The van der Waals surface area contributed by atoms with Crippen molar-refractivity contribution in [2.45, 2.75) is 19.1 Å². The third-order valence-corrected chi connectivity index (χ3v) is 8.46. The number of benzene rings is 4. The fraction of sp³-hybridized carbons (Fsp3) is 0.0909. The van der Waals surface area contributed by atoms with Crippen LogP contribution >= 0.6 is 0 Å². The van der Waals surface area contributed by atoms with Crippen molar-refractivity contribution in [1.29, 1.82) is 0 Å². The van der Waals surface area contributed by atoms with Crippen molar-refractivity contribution in [3.05, 3.63) is 132 Å². The van der Waals surface area contributed by atoms with Crippen molar-refractivity contribution in [3.63, 3.8) is 0 Å². The van der Waals surface area contributed by atoms with E-state index in [4.69, 9.17) is 17.5 Å². The zero-order valence-corrected chi connectivity index (χ0v) is 22.6. The summed E-state index contributed by atoms with van der Waals surface area (Å²) in [7, 11) is 0. The Bertz CT molecular complexity index is 1630. The predicted molar refractivity (Wildman–Crippen MR) is 156 cm³/mol. The quantitative estimate of drug-likeness (QED) is 0.206. The summed E-state index contributed by atoms with van der Waals surface area (Å²) in [5, 5.41) is 2.84. The number of aromatic nitrogens is 2. The topological polar surface area (TPSA) is 44.2 Å². The molecule has 4 nitrogen and oxygen atoms in total. The average Bonchev–Trinajstić information content (AvgIpc) is 2.94. The van der Waals surface area contributed by atoms with Crippen LogP contribution in [0.2, 0.25) is 0 Å². The summed E-state index contributed by atoms with van der Waals surface area (Å²) in [5.41, 5.74) is 7.28. The summed E-state index contributed by atoms with van der Waals surface area (Å²) >= 11 is -2.33. The molecule has 0 saturated carbocycles. The van der Waals surface area contributed by atoms with Gasteiger partial charge in [0.1, 0.15) is 11.3 Å². The van der Waals surface area contributed by atoms with E-state index >= 15 is 0 Å². The van der Waals surface area contributed by atoms with Gasteiger partial charge in [-0.1, -0.05) is 84.9 Å². The molecule has 0 bridgehead atoms. The number of aryl methyl sites for hydroxylation is 2. The summed E-state index contributed by atoms with van der Waals surface area (Å²) in [6.07, 6.45) is 0. The maximum absolute atomic E-state index is 6.71. The number of nitrogens with zero attached hydrogens (tertiary/aromatic N) is 2. The Morgan fingerprint density at radius 1 is 0.553 bits per heavy atom. The monoisotopic (exact) mass is 510 g/mol. The van der Waals surface area contributed by atoms with Crippen molar-refractivity contribution in [3.8, 4) is 22.6 Å². The van der Waals surface area contributed by atoms with E-state index in [0.29, 0.717) is 5.28 Å². The van der Waals surface area contributed by atoms with E-state index in [0.717, 1.165) is 55.8 Å². The number of hydrogen-bond donors (Lipinski definition) is 0. The molecule has 0 aliphatic heterocycles. The molecule has 0 fully saturated rings. The predicted octanol–water partition coefficient (Wildman–Crippen LogP) is 7.79. The molecule has 0 spiro atoms. The van der Waals surface area contributed by atoms with E-state index in [1.54, 1.807) is 0 Å². The Morgan fingerprint density at radius 3 is 1.92 bits per heavy atom. The van der Waals surface area contributed by atoms with Crippen LogP contribution in [0, 0.1) is 13.8 Å². The van der Waals surface area contributed by atoms with Crippen LogP contribution in [-0.2, 0) is 5.28 Å². The highest BCUT2D eigenvalue weighted by molar-refractivity contribution is 6.46. The van der Waals surface area contributed by atoms with Gasteiger partial charge in [-0.3, -0.25) is 4.98 Å². The molecule has 5 heteroatoms. The van der Waals surface area contributed by atoms with Gasteiger partial charge in [-0.15, -0.1) is 0 Å². The third kappa shape index (κ3) is 5.26. The third-order valence-electron chi connectivity index (χ3n) is 6.64. The summed E-state index contributed by atoms with van der Waals surface area (Å²) in [6, 6.07) is 39.3. The van der Waals surface area contributed by atoms with Gasteiger partial charge in [0.15, 0.2) is 0 Å². The Hall–Kier alpha value is -4.17. The lowest BCUT2D eigenvalue weighted by Gasteiger charge is -2.18. The minimum absolute atomic E-state index is 0.663. The van der Waals surface area contributed by atoms with Gasteiger partial charge in [0.05, 0.1) is 11.3 Å². The zero-order valence-electron chi connectivity index (χ0n) is 21.5. The van der Waals surface area contributed by atoms with Crippen LogP contribution in [0.3, 0.4) is 0 Å². The Kier molecular flexibility index (Phi) is 6.79. The Labute approximate surface area is 227 Å². The van der Waals surface area contributed by atoms with Crippen LogP contribution in [0.25, 0.3) is 32.9 Å². The van der Waals surface area contributed by atoms with Crippen LogP contribution < -0.4 is 7.58 Å². The van der Waals surface area contributed by atoms with Crippen LogP contribution in [-0.4, -0.2) is 24.8 Å². The summed E-state index contributed by atoms with van der Waals surface area (Å²) < 4.78 is 13.3. The molecule has 6 aromatic rings. The van der Waals surface area contributed by atoms with E-state index in [9.17, 15) is 0 Å². The highest BCUT2D eigenvalue weighted by atomic mass is 27.2. The van der Waals surface area contributed by atoms with Gasteiger partial charge in [-0.25, -0.2) is 4.98 Å². The lowest BCUT2D eigenvalue weighted by Crippen LogP contribution is -2.33. The van der Waals surface area contributed by atoms with Gasteiger partial charge in [0.25, 0.3) is 0 Å². The van der Waals surface area contributed by atoms with E-state index < -0.39 is 14.8 Å². The molecular weight excluding hydrogens is 483 g/mol. The molecule has 0 atom stereocenters. The van der Waals surface area contributed by atoms with E-state index in [1.807, 2.05) is 56.3 Å². The number of para-hydroxylation sites is 2. The molecule has 38 heavy (non-hydrogen) atoms. The fourth-order valence-corrected chi connectivity index (χ4v) is 6.56. The van der Waals surface area contributed by atoms with Crippen LogP contribution in [0.5, 0.6) is 11.5 Å². The first-order valence-corrected chi connectivity index (χ1v) is 14.6. The summed E-state index contributed by atoms with van der Waals surface area (Å²) in [5.74, 6) is 1.56. The molecule has 0 saturated heterocycles. The second kappa shape index (κ2) is 10.7. The number of pyridine rings is 2. The molecule has 0 amide bonds. The molecule has 0 N–H and O–H groups in total. The second-order valence-electron chi connectivity index (χ2n) is 9.48. The van der Waals surface area contributed by atoms with Gasteiger partial charge in [0.2, 0.25) is 0 Å². The number of hydrogen-bond acceptors (Lipinski definition) is 4.